The fraction of sp³-hybridized carbons (Fsp3) is 0.538. The van der Waals surface area contributed by atoms with Gasteiger partial charge in [-0.2, -0.15) is 4.31 Å². The van der Waals surface area contributed by atoms with E-state index in [-0.39, 0.29) is 4.90 Å². The lowest BCUT2D eigenvalue weighted by Gasteiger charge is -2.33. The Balaban J connectivity index is 2.29. The summed E-state index contributed by atoms with van der Waals surface area (Å²) in [5.74, 6) is 0. The molecule has 0 radical (unpaired) electrons. The Labute approximate surface area is 115 Å². The third-order valence-corrected chi connectivity index (χ3v) is 5.74. The largest absolute Gasteiger partial charge is 0.398 e. The van der Waals surface area contributed by atoms with E-state index >= 15 is 0 Å². The van der Waals surface area contributed by atoms with E-state index in [4.69, 9.17) is 5.73 Å². The molecule has 0 bridgehead atoms. The highest BCUT2D eigenvalue weighted by Gasteiger charge is 2.30. The Bertz CT molecular complexity index is 529. The van der Waals surface area contributed by atoms with Crippen molar-refractivity contribution < 1.29 is 8.42 Å². The Morgan fingerprint density at radius 2 is 1.84 bits per heavy atom. The number of aryl methyl sites for hydroxylation is 1. The van der Waals surface area contributed by atoms with Crippen molar-refractivity contribution in [2.75, 3.05) is 38.5 Å². The van der Waals surface area contributed by atoms with Crippen LogP contribution in [0.5, 0.6) is 0 Å². The average molecular weight is 283 g/mol. The first-order valence-electron chi connectivity index (χ1n) is 6.54. The van der Waals surface area contributed by atoms with Gasteiger partial charge in [-0.1, -0.05) is 19.1 Å². The number of piperazine rings is 1. The highest BCUT2D eigenvalue weighted by Crippen LogP contribution is 2.26. The van der Waals surface area contributed by atoms with E-state index in [0.717, 1.165) is 19.6 Å². The predicted molar refractivity (Wildman–Crippen MR) is 76.5 cm³/mol. The van der Waals surface area contributed by atoms with Crippen LogP contribution < -0.4 is 5.73 Å². The molecule has 1 saturated heterocycles. The number of hydrogen-bond donors (Lipinski definition) is 1. The molecule has 1 aromatic carbocycles. The highest BCUT2D eigenvalue weighted by atomic mass is 32.2. The van der Waals surface area contributed by atoms with E-state index in [1.807, 2.05) is 0 Å². The smallest absolute Gasteiger partial charge is 0.245 e. The molecule has 6 heteroatoms. The fourth-order valence-corrected chi connectivity index (χ4v) is 4.19. The molecule has 0 atom stereocenters. The van der Waals surface area contributed by atoms with Crippen LogP contribution >= 0.6 is 0 Å². The van der Waals surface area contributed by atoms with Crippen molar-refractivity contribution in [2.45, 2.75) is 18.7 Å². The summed E-state index contributed by atoms with van der Waals surface area (Å²) in [7, 11) is -3.47. The number of nitrogen functional groups attached to an aromatic ring is 1. The second kappa shape index (κ2) is 5.48. The highest BCUT2D eigenvalue weighted by molar-refractivity contribution is 7.89. The van der Waals surface area contributed by atoms with E-state index in [1.165, 1.54) is 4.31 Å². The zero-order valence-corrected chi connectivity index (χ0v) is 12.3. The zero-order valence-electron chi connectivity index (χ0n) is 11.5. The van der Waals surface area contributed by atoms with Crippen molar-refractivity contribution in [1.82, 2.24) is 9.21 Å². The van der Waals surface area contributed by atoms with Crippen LogP contribution in [0.15, 0.2) is 23.1 Å². The van der Waals surface area contributed by atoms with E-state index in [2.05, 4.69) is 11.8 Å². The van der Waals surface area contributed by atoms with Gasteiger partial charge in [0.1, 0.15) is 4.90 Å². The maximum atomic E-state index is 12.7. The first kappa shape index (κ1) is 14.3. The first-order chi connectivity index (χ1) is 8.96. The Morgan fingerprint density at radius 3 is 2.37 bits per heavy atom. The number of hydrogen-bond acceptors (Lipinski definition) is 4. The van der Waals surface area contributed by atoms with Crippen molar-refractivity contribution in [3.05, 3.63) is 23.8 Å². The molecular formula is C13H21N3O2S. The molecule has 5 nitrogen and oxygen atoms in total. The molecule has 2 rings (SSSR count). The minimum absolute atomic E-state index is 0.264. The molecular weight excluding hydrogens is 262 g/mol. The van der Waals surface area contributed by atoms with Crippen molar-refractivity contribution in [3.63, 3.8) is 0 Å². The maximum Gasteiger partial charge on any atom is 0.245 e. The van der Waals surface area contributed by atoms with Crippen LogP contribution in [0.25, 0.3) is 0 Å². The SMILES string of the molecule is CCN1CCN(S(=O)(=O)c2c(C)cccc2N)CC1. The van der Waals surface area contributed by atoms with Crippen LogP contribution in [0.2, 0.25) is 0 Å². The second-order valence-corrected chi connectivity index (χ2v) is 6.71. The van der Waals surface area contributed by atoms with Crippen LogP contribution in [0.3, 0.4) is 0 Å². The number of benzene rings is 1. The van der Waals surface area contributed by atoms with Crippen molar-refractivity contribution >= 4 is 15.7 Å². The standard InChI is InChI=1S/C13H21N3O2S/c1-3-15-7-9-16(10-8-15)19(17,18)13-11(2)5-4-6-12(13)14/h4-6H,3,7-10,14H2,1-2H3. The van der Waals surface area contributed by atoms with Crippen LogP contribution in [0, 0.1) is 6.92 Å². The van der Waals surface area contributed by atoms with Crippen molar-refractivity contribution in [3.8, 4) is 0 Å². The van der Waals surface area contributed by atoms with E-state index in [0.29, 0.717) is 24.3 Å². The van der Waals surface area contributed by atoms with Gasteiger partial charge in [-0.15, -0.1) is 0 Å². The summed E-state index contributed by atoms with van der Waals surface area (Å²) in [4.78, 5) is 2.51. The molecule has 19 heavy (non-hydrogen) atoms. The monoisotopic (exact) mass is 283 g/mol. The topological polar surface area (TPSA) is 66.6 Å². The minimum atomic E-state index is -3.47. The molecule has 1 heterocycles. The number of likely N-dealkylation sites (N-methyl/N-ethyl adjacent to an activating group) is 1. The number of sulfonamides is 1. The Kier molecular flexibility index (Phi) is 4.13. The lowest BCUT2D eigenvalue weighted by molar-refractivity contribution is 0.196. The lowest BCUT2D eigenvalue weighted by Crippen LogP contribution is -2.48. The molecule has 0 spiro atoms. The molecule has 1 aromatic rings. The van der Waals surface area contributed by atoms with Gasteiger partial charge in [-0.3, -0.25) is 0 Å². The fourth-order valence-electron chi connectivity index (χ4n) is 2.44. The van der Waals surface area contributed by atoms with Crippen molar-refractivity contribution in [1.29, 1.82) is 0 Å². The number of nitrogens with zero attached hydrogens (tertiary/aromatic N) is 2. The quantitative estimate of drug-likeness (QED) is 0.837. The average Bonchev–Trinajstić information content (AvgIpc) is 2.38. The molecule has 1 fully saturated rings. The third kappa shape index (κ3) is 2.75. The predicted octanol–water partition coefficient (Wildman–Crippen LogP) is 0.903. The molecule has 0 aliphatic carbocycles. The molecule has 0 amide bonds. The van der Waals surface area contributed by atoms with Gasteiger partial charge in [0.2, 0.25) is 10.0 Å². The van der Waals surface area contributed by atoms with Crippen LogP contribution in [-0.2, 0) is 10.0 Å². The third-order valence-electron chi connectivity index (χ3n) is 3.62. The summed E-state index contributed by atoms with van der Waals surface area (Å²) in [5, 5.41) is 0. The maximum absolute atomic E-state index is 12.7. The van der Waals surface area contributed by atoms with Gasteiger partial charge in [0.15, 0.2) is 0 Å². The normalized spacial score (nSPS) is 18.6. The molecule has 2 N–H and O–H groups in total. The van der Waals surface area contributed by atoms with Crippen LogP contribution in [0.4, 0.5) is 5.69 Å². The first-order valence-corrected chi connectivity index (χ1v) is 7.98. The number of nitrogens with two attached hydrogens (primary N) is 1. The summed E-state index contributed by atoms with van der Waals surface area (Å²) in [5.41, 5.74) is 6.89. The summed E-state index contributed by atoms with van der Waals surface area (Å²) in [6.45, 7) is 7.45. The molecule has 0 aromatic heterocycles. The summed E-state index contributed by atoms with van der Waals surface area (Å²) < 4.78 is 26.8. The van der Waals surface area contributed by atoms with Gasteiger partial charge in [-0.25, -0.2) is 8.42 Å². The molecule has 106 valence electrons. The van der Waals surface area contributed by atoms with Crippen molar-refractivity contribution in [2.24, 2.45) is 0 Å². The molecule has 0 saturated carbocycles. The summed E-state index contributed by atoms with van der Waals surface area (Å²) >= 11 is 0. The van der Waals surface area contributed by atoms with Crippen LogP contribution in [0.1, 0.15) is 12.5 Å². The lowest BCUT2D eigenvalue weighted by atomic mass is 10.2. The molecule has 1 aliphatic rings. The van der Waals surface area contributed by atoms with Gasteiger partial charge in [0, 0.05) is 26.2 Å². The summed E-state index contributed by atoms with van der Waals surface area (Å²) in [6.07, 6.45) is 0. The molecule has 0 unspecified atom stereocenters. The number of rotatable bonds is 3. The summed E-state index contributed by atoms with van der Waals surface area (Å²) in [6, 6.07) is 5.20. The minimum Gasteiger partial charge on any atom is -0.398 e. The van der Waals surface area contributed by atoms with E-state index < -0.39 is 10.0 Å². The Hall–Kier alpha value is -1.11. The van der Waals surface area contributed by atoms with E-state index in [1.54, 1.807) is 25.1 Å². The zero-order chi connectivity index (χ0) is 14.0. The van der Waals surface area contributed by atoms with Crippen LogP contribution in [-0.4, -0.2) is 50.3 Å². The Morgan fingerprint density at radius 1 is 1.21 bits per heavy atom. The van der Waals surface area contributed by atoms with Gasteiger partial charge < -0.3 is 10.6 Å². The van der Waals surface area contributed by atoms with Gasteiger partial charge in [0.05, 0.1) is 5.69 Å². The van der Waals surface area contributed by atoms with Gasteiger partial charge in [-0.05, 0) is 25.1 Å². The second-order valence-electron chi connectivity index (χ2n) is 4.83. The number of anilines is 1. The van der Waals surface area contributed by atoms with E-state index in [9.17, 15) is 8.42 Å². The van der Waals surface area contributed by atoms with Gasteiger partial charge >= 0.3 is 0 Å². The molecule has 1 aliphatic heterocycles. The van der Waals surface area contributed by atoms with Gasteiger partial charge in [0.25, 0.3) is 0 Å².